The van der Waals surface area contributed by atoms with Gasteiger partial charge in [0.25, 0.3) is 0 Å². The Labute approximate surface area is 98.6 Å². The molecule has 1 heterocycles. The van der Waals surface area contributed by atoms with E-state index in [1.807, 2.05) is 4.90 Å². The van der Waals surface area contributed by atoms with Crippen LogP contribution in [0, 0.1) is 5.92 Å². The van der Waals surface area contributed by atoms with Crippen LogP contribution in [0.2, 0.25) is 0 Å². The molecular weight excluding hydrogens is 233 g/mol. The Morgan fingerprint density at radius 1 is 1.06 bits per heavy atom. The van der Waals surface area contributed by atoms with Gasteiger partial charge in [0, 0.05) is 32.1 Å². The van der Waals surface area contributed by atoms with Gasteiger partial charge in [-0.05, 0) is 12.8 Å². The minimum absolute atomic E-state index is 0.239. The molecule has 1 aliphatic heterocycles. The number of piperazine rings is 1. The zero-order valence-corrected chi connectivity index (χ0v) is 9.67. The quantitative estimate of drug-likeness (QED) is 0.747. The minimum Gasteiger partial charge on any atom is -0.298 e. The molecule has 0 aromatic rings. The maximum absolute atomic E-state index is 12.2. The van der Waals surface area contributed by atoms with Crippen LogP contribution in [0.4, 0.5) is 13.2 Å². The van der Waals surface area contributed by atoms with Crippen LogP contribution < -0.4 is 0 Å². The molecule has 0 bridgehead atoms. The zero-order valence-electron chi connectivity index (χ0n) is 9.67. The molecule has 17 heavy (non-hydrogen) atoms. The third-order valence-corrected chi connectivity index (χ3v) is 3.28. The minimum atomic E-state index is -4.12. The van der Waals surface area contributed by atoms with Crippen molar-refractivity contribution in [3.05, 3.63) is 0 Å². The van der Waals surface area contributed by atoms with Crippen LogP contribution in [-0.2, 0) is 4.79 Å². The number of carbonyl (C=O) groups is 1. The van der Waals surface area contributed by atoms with Gasteiger partial charge in [0.2, 0.25) is 0 Å². The number of halogens is 3. The summed E-state index contributed by atoms with van der Waals surface area (Å²) >= 11 is 0. The van der Waals surface area contributed by atoms with E-state index in [-0.39, 0.29) is 11.7 Å². The zero-order chi connectivity index (χ0) is 12.5. The van der Waals surface area contributed by atoms with Gasteiger partial charge in [-0.3, -0.25) is 14.6 Å². The molecule has 1 aliphatic carbocycles. The van der Waals surface area contributed by atoms with E-state index in [1.54, 1.807) is 0 Å². The molecule has 0 spiro atoms. The summed E-state index contributed by atoms with van der Waals surface area (Å²) < 4.78 is 36.5. The lowest BCUT2D eigenvalue weighted by atomic mass is 10.2. The second-order valence-corrected chi connectivity index (χ2v) is 4.91. The summed E-state index contributed by atoms with van der Waals surface area (Å²) in [6.45, 7) is 1.51. The van der Waals surface area contributed by atoms with Gasteiger partial charge in [-0.25, -0.2) is 0 Å². The number of alkyl halides is 3. The smallest absolute Gasteiger partial charge is 0.298 e. The first-order chi connectivity index (χ1) is 7.94. The Hall–Kier alpha value is -0.620. The highest BCUT2D eigenvalue weighted by molar-refractivity contribution is 5.84. The van der Waals surface area contributed by atoms with Crippen LogP contribution in [0.3, 0.4) is 0 Å². The van der Waals surface area contributed by atoms with Crippen molar-refractivity contribution < 1.29 is 18.0 Å². The number of hydrogen-bond acceptors (Lipinski definition) is 3. The Bertz CT molecular complexity index is 281. The van der Waals surface area contributed by atoms with Gasteiger partial charge in [0.05, 0.1) is 13.1 Å². The molecule has 0 N–H and O–H groups in total. The van der Waals surface area contributed by atoms with E-state index in [0.29, 0.717) is 32.7 Å². The predicted molar refractivity (Wildman–Crippen MR) is 56.7 cm³/mol. The van der Waals surface area contributed by atoms with E-state index in [4.69, 9.17) is 0 Å². The highest BCUT2D eigenvalue weighted by Crippen LogP contribution is 2.30. The predicted octanol–water partition coefficient (Wildman–Crippen LogP) is 1.15. The first kappa shape index (κ1) is 12.8. The van der Waals surface area contributed by atoms with Crippen molar-refractivity contribution in [3.63, 3.8) is 0 Å². The number of carbonyl (C=O) groups excluding carboxylic acids is 1. The largest absolute Gasteiger partial charge is 0.401 e. The lowest BCUT2D eigenvalue weighted by Crippen LogP contribution is -2.50. The van der Waals surface area contributed by atoms with Crippen LogP contribution in [0.5, 0.6) is 0 Å². The molecule has 3 nitrogen and oxygen atoms in total. The van der Waals surface area contributed by atoms with Crippen LogP contribution >= 0.6 is 0 Å². The maximum atomic E-state index is 12.2. The molecular formula is C11H17F3N2O. The van der Waals surface area contributed by atoms with Gasteiger partial charge in [0.15, 0.2) is 0 Å². The third kappa shape index (κ3) is 4.27. The molecule has 1 saturated heterocycles. The normalized spacial score (nSPS) is 23.9. The molecule has 2 fully saturated rings. The fourth-order valence-electron chi connectivity index (χ4n) is 2.11. The lowest BCUT2D eigenvalue weighted by Gasteiger charge is -2.34. The Balaban J connectivity index is 1.68. The Morgan fingerprint density at radius 3 is 2.06 bits per heavy atom. The van der Waals surface area contributed by atoms with E-state index < -0.39 is 12.7 Å². The summed E-state index contributed by atoms with van der Waals surface area (Å²) in [4.78, 5) is 14.9. The monoisotopic (exact) mass is 250 g/mol. The number of hydrogen-bond donors (Lipinski definition) is 0. The number of rotatable bonds is 4. The van der Waals surface area contributed by atoms with Crippen molar-refractivity contribution in [2.75, 3.05) is 39.3 Å². The molecule has 2 rings (SSSR count). The van der Waals surface area contributed by atoms with Gasteiger partial charge in [-0.15, -0.1) is 0 Å². The van der Waals surface area contributed by atoms with Crippen LogP contribution in [0.1, 0.15) is 12.8 Å². The summed E-state index contributed by atoms with van der Waals surface area (Å²) in [5, 5.41) is 0. The second-order valence-electron chi connectivity index (χ2n) is 4.91. The first-order valence-electron chi connectivity index (χ1n) is 5.98. The molecule has 1 saturated carbocycles. The molecule has 98 valence electrons. The summed E-state index contributed by atoms with van der Waals surface area (Å²) in [6, 6.07) is 0. The van der Waals surface area contributed by atoms with Crippen molar-refractivity contribution in [1.82, 2.24) is 9.80 Å². The summed E-state index contributed by atoms with van der Waals surface area (Å²) in [7, 11) is 0. The Kier molecular flexibility index (Phi) is 3.73. The molecule has 0 aromatic heterocycles. The van der Waals surface area contributed by atoms with Crippen molar-refractivity contribution in [2.45, 2.75) is 19.0 Å². The van der Waals surface area contributed by atoms with Crippen molar-refractivity contribution in [3.8, 4) is 0 Å². The highest BCUT2D eigenvalue weighted by Gasteiger charge is 2.34. The SMILES string of the molecule is O=C(CN1CCN(CC(F)(F)F)CC1)C1CC1. The van der Waals surface area contributed by atoms with Gasteiger partial charge in [-0.2, -0.15) is 13.2 Å². The third-order valence-electron chi connectivity index (χ3n) is 3.28. The molecule has 2 aliphatic rings. The van der Waals surface area contributed by atoms with E-state index in [9.17, 15) is 18.0 Å². The van der Waals surface area contributed by atoms with Crippen molar-refractivity contribution in [2.24, 2.45) is 5.92 Å². The maximum Gasteiger partial charge on any atom is 0.401 e. The van der Waals surface area contributed by atoms with E-state index in [0.717, 1.165) is 12.8 Å². The second kappa shape index (κ2) is 4.94. The van der Waals surface area contributed by atoms with Gasteiger partial charge in [-0.1, -0.05) is 0 Å². The topological polar surface area (TPSA) is 23.6 Å². The molecule has 0 amide bonds. The molecule has 0 unspecified atom stereocenters. The van der Waals surface area contributed by atoms with Crippen LogP contribution in [-0.4, -0.2) is 61.0 Å². The standard InChI is InChI=1S/C11H17F3N2O/c12-11(13,14)8-16-5-3-15(4-6-16)7-10(17)9-1-2-9/h9H,1-8H2. The number of ketones is 1. The molecule has 0 atom stereocenters. The fourth-order valence-corrected chi connectivity index (χ4v) is 2.11. The summed E-state index contributed by atoms with van der Waals surface area (Å²) in [6.07, 6.45) is -2.13. The highest BCUT2D eigenvalue weighted by atomic mass is 19.4. The Morgan fingerprint density at radius 2 is 1.59 bits per heavy atom. The van der Waals surface area contributed by atoms with E-state index in [1.165, 1.54) is 4.90 Å². The van der Waals surface area contributed by atoms with Gasteiger partial charge >= 0.3 is 6.18 Å². The molecule has 0 radical (unpaired) electrons. The average molecular weight is 250 g/mol. The lowest BCUT2D eigenvalue weighted by molar-refractivity contribution is -0.149. The summed E-state index contributed by atoms with van der Waals surface area (Å²) in [5.41, 5.74) is 0. The molecule has 6 heteroatoms. The number of nitrogens with zero attached hydrogens (tertiary/aromatic N) is 2. The van der Waals surface area contributed by atoms with Crippen molar-refractivity contribution in [1.29, 1.82) is 0 Å². The van der Waals surface area contributed by atoms with Gasteiger partial charge < -0.3 is 0 Å². The average Bonchev–Trinajstić information content (AvgIpc) is 3.02. The van der Waals surface area contributed by atoms with E-state index in [2.05, 4.69) is 0 Å². The summed E-state index contributed by atoms with van der Waals surface area (Å²) in [5.74, 6) is 0.498. The van der Waals surface area contributed by atoms with Gasteiger partial charge in [0.1, 0.15) is 5.78 Å². The van der Waals surface area contributed by atoms with Crippen LogP contribution in [0.15, 0.2) is 0 Å². The molecule has 0 aromatic carbocycles. The fraction of sp³-hybridized carbons (Fsp3) is 0.909. The van der Waals surface area contributed by atoms with E-state index >= 15 is 0 Å². The number of Topliss-reactive ketones (excluding diaryl/α,β-unsaturated/α-hetero) is 1. The van der Waals surface area contributed by atoms with Crippen LogP contribution in [0.25, 0.3) is 0 Å². The first-order valence-corrected chi connectivity index (χ1v) is 5.98. The van der Waals surface area contributed by atoms with Crippen molar-refractivity contribution >= 4 is 5.78 Å².